The van der Waals surface area contributed by atoms with Crippen LogP contribution in [-0.4, -0.2) is 40.4 Å². The van der Waals surface area contributed by atoms with Gasteiger partial charge in [-0.1, -0.05) is 0 Å². The highest BCUT2D eigenvalue weighted by atomic mass is 32.1. The van der Waals surface area contributed by atoms with Gasteiger partial charge in [0.1, 0.15) is 0 Å². The van der Waals surface area contributed by atoms with Crippen LogP contribution in [0.3, 0.4) is 0 Å². The summed E-state index contributed by atoms with van der Waals surface area (Å²) in [6.07, 6.45) is 6.86. The van der Waals surface area contributed by atoms with Gasteiger partial charge in [-0.15, -0.1) is 11.3 Å². The molecule has 0 aromatic carbocycles. The lowest BCUT2D eigenvalue weighted by molar-refractivity contribution is 0.0789. The van der Waals surface area contributed by atoms with Crippen LogP contribution >= 0.6 is 11.3 Å². The van der Waals surface area contributed by atoms with Crippen LogP contribution in [0.15, 0.2) is 35.5 Å². The lowest BCUT2D eigenvalue weighted by Gasteiger charge is -2.15. The number of nitrogens with one attached hydrogen (secondary N) is 1. The number of rotatable bonds is 5. The zero-order valence-electron chi connectivity index (χ0n) is 13.2. The fraction of sp³-hybridized carbons (Fsp3) is 0.312. The maximum atomic E-state index is 12.7. The van der Waals surface area contributed by atoms with Crippen molar-refractivity contribution < 1.29 is 4.79 Å². The number of carbonyl (C=O) groups is 1. The summed E-state index contributed by atoms with van der Waals surface area (Å²) in [6, 6.07) is 1.89. The van der Waals surface area contributed by atoms with E-state index in [1.165, 1.54) is 17.5 Å². The Morgan fingerprint density at radius 2 is 2.17 bits per heavy atom. The van der Waals surface area contributed by atoms with E-state index in [2.05, 4.69) is 15.3 Å². The highest BCUT2D eigenvalue weighted by molar-refractivity contribution is 7.17. The number of hydrogen-bond donors (Lipinski definition) is 3. The molecule has 2 aromatic rings. The molecule has 5 N–H and O–H groups in total. The van der Waals surface area contributed by atoms with Crippen molar-refractivity contribution in [1.82, 2.24) is 14.9 Å². The predicted molar refractivity (Wildman–Crippen MR) is 96.6 cm³/mol. The van der Waals surface area contributed by atoms with Crippen LogP contribution in [0.5, 0.6) is 0 Å². The third kappa shape index (κ3) is 3.48. The van der Waals surface area contributed by atoms with Crippen molar-refractivity contribution in [2.45, 2.75) is 12.8 Å². The Kier molecular flexibility index (Phi) is 4.95. The highest BCUT2D eigenvalue weighted by Crippen LogP contribution is 2.25. The molecule has 0 bridgehead atoms. The van der Waals surface area contributed by atoms with E-state index in [0.717, 1.165) is 36.1 Å². The second-order valence-corrected chi connectivity index (χ2v) is 6.43. The standard InChI is InChI=1S/C16H20N6OS/c17-6-3-4-11(18)10-19-16-20-12-5-9-24-14(12)13(21-16)15(23)22-7-1-2-8-22/h3-6,9H,1-2,7-8,10,17-18H2,(H,19,20,21)/b6-3-,11-4-. The van der Waals surface area contributed by atoms with Gasteiger partial charge in [-0.2, -0.15) is 0 Å². The molecule has 7 nitrogen and oxygen atoms in total. The van der Waals surface area contributed by atoms with Crippen LogP contribution in [0, 0.1) is 0 Å². The molecule has 1 amide bonds. The smallest absolute Gasteiger partial charge is 0.274 e. The zero-order chi connectivity index (χ0) is 16.9. The van der Waals surface area contributed by atoms with Crippen molar-refractivity contribution in [3.63, 3.8) is 0 Å². The van der Waals surface area contributed by atoms with Crippen molar-refractivity contribution in [3.8, 4) is 0 Å². The van der Waals surface area contributed by atoms with Crippen LogP contribution in [0.4, 0.5) is 5.95 Å². The fourth-order valence-electron chi connectivity index (χ4n) is 2.58. The number of carbonyl (C=O) groups excluding carboxylic acids is 1. The van der Waals surface area contributed by atoms with Gasteiger partial charge in [-0.05, 0) is 42.6 Å². The van der Waals surface area contributed by atoms with Crippen LogP contribution < -0.4 is 16.8 Å². The van der Waals surface area contributed by atoms with Gasteiger partial charge in [-0.25, -0.2) is 9.97 Å². The molecule has 0 atom stereocenters. The first-order valence-corrected chi connectivity index (χ1v) is 8.68. The molecule has 1 saturated heterocycles. The Morgan fingerprint density at radius 1 is 1.38 bits per heavy atom. The first-order chi connectivity index (χ1) is 11.7. The minimum atomic E-state index is -0.0278. The van der Waals surface area contributed by atoms with Crippen molar-refractivity contribution >= 4 is 33.4 Å². The number of anilines is 1. The van der Waals surface area contributed by atoms with Crippen LogP contribution in [0.25, 0.3) is 10.2 Å². The largest absolute Gasteiger partial charge is 0.405 e. The van der Waals surface area contributed by atoms with E-state index in [1.54, 1.807) is 12.2 Å². The van der Waals surface area contributed by atoms with Crippen molar-refractivity contribution in [2.24, 2.45) is 11.5 Å². The van der Waals surface area contributed by atoms with E-state index >= 15 is 0 Å². The number of fused-ring (bicyclic) bond motifs is 1. The number of hydrogen-bond acceptors (Lipinski definition) is 7. The second kappa shape index (κ2) is 7.31. The molecule has 2 aromatic heterocycles. The number of likely N-dealkylation sites (tertiary alicyclic amines) is 1. The number of allylic oxidation sites excluding steroid dienone is 2. The third-order valence-corrected chi connectivity index (χ3v) is 4.68. The molecule has 8 heteroatoms. The molecule has 0 radical (unpaired) electrons. The van der Waals surface area contributed by atoms with E-state index in [9.17, 15) is 4.79 Å². The van der Waals surface area contributed by atoms with Gasteiger partial charge >= 0.3 is 0 Å². The minimum absolute atomic E-state index is 0.0278. The maximum Gasteiger partial charge on any atom is 0.274 e. The molecule has 0 saturated carbocycles. The van der Waals surface area contributed by atoms with Crippen LogP contribution in [0.2, 0.25) is 0 Å². The van der Waals surface area contributed by atoms with E-state index in [4.69, 9.17) is 11.5 Å². The SMILES string of the molecule is N/C=C\C=C(/N)CNc1nc(C(=O)N2CCCC2)c2sccc2n1. The highest BCUT2D eigenvalue weighted by Gasteiger charge is 2.24. The normalized spacial score (nSPS) is 15.5. The molecule has 0 spiro atoms. The summed E-state index contributed by atoms with van der Waals surface area (Å²) in [4.78, 5) is 23.5. The predicted octanol–water partition coefficient (Wildman–Crippen LogP) is 1.65. The van der Waals surface area contributed by atoms with Crippen LogP contribution in [0.1, 0.15) is 23.3 Å². The summed E-state index contributed by atoms with van der Waals surface area (Å²) in [5, 5.41) is 4.99. The van der Waals surface area contributed by atoms with Crippen LogP contribution in [-0.2, 0) is 0 Å². The molecule has 126 valence electrons. The summed E-state index contributed by atoms with van der Waals surface area (Å²) in [5.74, 6) is 0.372. The van der Waals surface area contributed by atoms with E-state index in [1.807, 2.05) is 16.3 Å². The van der Waals surface area contributed by atoms with Gasteiger partial charge in [0, 0.05) is 18.8 Å². The Hall–Kier alpha value is -2.61. The average Bonchev–Trinajstić information content (AvgIpc) is 3.27. The first kappa shape index (κ1) is 16.3. The van der Waals surface area contributed by atoms with Gasteiger partial charge in [-0.3, -0.25) is 4.79 Å². The fourth-order valence-corrected chi connectivity index (χ4v) is 3.39. The quantitative estimate of drug-likeness (QED) is 0.712. The third-order valence-electron chi connectivity index (χ3n) is 3.77. The zero-order valence-corrected chi connectivity index (χ0v) is 14.1. The molecule has 0 unspecified atom stereocenters. The van der Waals surface area contributed by atoms with Gasteiger partial charge in [0.05, 0.1) is 16.8 Å². The van der Waals surface area contributed by atoms with Gasteiger partial charge in [0.2, 0.25) is 5.95 Å². The van der Waals surface area contributed by atoms with Crippen molar-refractivity contribution in [3.05, 3.63) is 41.2 Å². The van der Waals surface area contributed by atoms with E-state index in [0.29, 0.717) is 23.9 Å². The summed E-state index contributed by atoms with van der Waals surface area (Å²) in [7, 11) is 0. The summed E-state index contributed by atoms with van der Waals surface area (Å²) < 4.78 is 0.826. The Morgan fingerprint density at radius 3 is 2.92 bits per heavy atom. The number of amides is 1. The number of nitrogens with two attached hydrogens (primary N) is 2. The summed E-state index contributed by atoms with van der Waals surface area (Å²) in [5.41, 5.74) is 13.0. The minimum Gasteiger partial charge on any atom is -0.405 e. The average molecular weight is 344 g/mol. The second-order valence-electron chi connectivity index (χ2n) is 5.51. The van der Waals surface area contributed by atoms with Gasteiger partial charge in [0.15, 0.2) is 5.69 Å². The molecule has 1 aliphatic rings. The lowest BCUT2D eigenvalue weighted by Crippen LogP contribution is -2.29. The lowest BCUT2D eigenvalue weighted by atomic mass is 10.3. The molecular weight excluding hydrogens is 324 g/mol. The topological polar surface area (TPSA) is 110 Å². The molecule has 1 aliphatic heterocycles. The van der Waals surface area contributed by atoms with E-state index < -0.39 is 0 Å². The molecule has 0 aliphatic carbocycles. The molecule has 24 heavy (non-hydrogen) atoms. The molecule has 3 heterocycles. The van der Waals surface area contributed by atoms with E-state index in [-0.39, 0.29) is 5.91 Å². The molecular formula is C16H20N6OS. The summed E-state index contributed by atoms with van der Waals surface area (Å²) >= 11 is 1.49. The molecule has 1 fully saturated rings. The van der Waals surface area contributed by atoms with Gasteiger partial charge in [0.25, 0.3) is 5.91 Å². The first-order valence-electron chi connectivity index (χ1n) is 7.80. The van der Waals surface area contributed by atoms with Crippen molar-refractivity contribution in [2.75, 3.05) is 25.0 Å². The summed E-state index contributed by atoms with van der Waals surface area (Å²) in [6.45, 7) is 1.95. The Bertz CT molecular complexity index is 791. The Balaban J connectivity index is 1.85. The number of aromatic nitrogens is 2. The maximum absolute atomic E-state index is 12.7. The Labute approximate surface area is 144 Å². The number of nitrogens with zero attached hydrogens (tertiary/aromatic N) is 3. The van der Waals surface area contributed by atoms with Crippen molar-refractivity contribution in [1.29, 1.82) is 0 Å². The monoisotopic (exact) mass is 344 g/mol. The number of thiophene rings is 1. The molecule has 3 rings (SSSR count). The van der Waals surface area contributed by atoms with Gasteiger partial charge < -0.3 is 21.7 Å².